The van der Waals surface area contributed by atoms with Gasteiger partial charge < -0.3 is 10.0 Å². The molecule has 0 amide bonds. The van der Waals surface area contributed by atoms with Crippen LogP contribution in [0.2, 0.25) is 0 Å². The van der Waals surface area contributed by atoms with Crippen LogP contribution in [-0.2, 0) is 6.42 Å². The third kappa shape index (κ3) is 1.20. The maximum atomic E-state index is 11.8. The summed E-state index contributed by atoms with van der Waals surface area (Å²) in [5.41, 5.74) is 3.02. The van der Waals surface area contributed by atoms with E-state index in [0.717, 1.165) is 25.1 Å². The highest BCUT2D eigenvalue weighted by molar-refractivity contribution is 6.06. The van der Waals surface area contributed by atoms with Gasteiger partial charge in [0.15, 0.2) is 5.78 Å². The Kier molecular flexibility index (Phi) is 1.83. The molecule has 1 aromatic carbocycles. The van der Waals surface area contributed by atoms with Gasteiger partial charge in [-0.3, -0.25) is 4.79 Å². The Morgan fingerprint density at radius 3 is 3.13 bits per heavy atom. The van der Waals surface area contributed by atoms with Crippen LogP contribution in [0, 0.1) is 0 Å². The molecule has 1 unspecified atom stereocenters. The van der Waals surface area contributed by atoms with Crippen molar-refractivity contribution in [3.05, 3.63) is 29.3 Å². The number of para-hydroxylation sites is 1. The molecule has 2 heterocycles. The van der Waals surface area contributed by atoms with Gasteiger partial charge in [-0.05, 0) is 24.5 Å². The fraction of sp³-hybridized carbons (Fsp3) is 0.417. The van der Waals surface area contributed by atoms with Crippen LogP contribution < -0.4 is 4.90 Å². The number of benzene rings is 1. The molecule has 0 spiro atoms. The zero-order valence-electron chi connectivity index (χ0n) is 8.44. The van der Waals surface area contributed by atoms with Crippen LogP contribution in [-0.4, -0.2) is 30.1 Å². The average molecular weight is 203 g/mol. The minimum Gasteiger partial charge on any atom is -0.383 e. The van der Waals surface area contributed by atoms with Crippen molar-refractivity contribution in [3.8, 4) is 0 Å². The molecule has 3 rings (SSSR count). The molecule has 1 N–H and O–H groups in total. The number of rotatable bonds is 0. The lowest BCUT2D eigenvalue weighted by Crippen LogP contribution is -2.45. The largest absolute Gasteiger partial charge is 0.383 e. The first-order valence-corrected chi connectivity index (χ1v) is 5.36. The number of anilines is 1. The van der Waals surface area contributed by atoms with Crippen LogP contribution in [0.5, 0.6) is 0 Å². The van der Waals surface area contributed by atoms with E-state index in [1.807, 2.05) is 12.1 Å². The number of nitrogens with zero attached hydrogens (tertiary/aromatic N) is 1. The van der Waals surface area contributed by atoms with Crippen molar-refractivity contribution < 1.29 is 9.90 Å². The van der Waals surface area contributed by atoms with E-state index in [1.165, 1.54) is 5.56 Å². The predicted octanol–water partition coefficient (Wildman–Crippen LogP) is 0.996. The molecule has 0 radical (unpaired) electrons. The topological polar surface area (TPSA) is 40.5 Å². The Morgan fingerprint density at radius 2 is 2.27 bits per heavy atom. The van der Waals surface area contributed by atoms with Crippen LogP contribution in [0.4, 0.5) is 5.69 Å². The second-order valence-corrected chi connectivity index (χ2v) is 4.24. The van der Waals surface area contributed by atoms with Crippen molar-refractivity contribution in [2.75, 3.05) is 18.0 Å². The van der Waals surface area contributed by atoms with Crippen LogP contribution in [0.15, 0.2) is 18.2 Å². The van der Waals surface area contributed by atoms with Crippen molar-refractivity contribution in [2.24, 2.45) is 0 Å². The van der Waals surface area contributed by atoms with Crippen molar-refractivity contribution in [3.63, 3.8) is 0 Å². The Morgan fingerprint density at radius 1 is 1.40 bits per heavy atom. The predicted molar refractivity (Wildman–Crippen MR) is 57.3 cm³/mol. The van der Waals surface area contributed by atoms with Crippen molar-refractivity contribution in [1.82, 2.24) is 0 Å². The number of hydrogen-bond donors (Lipinski definition) is 1. The summed E-state index contributed by atoms with van der Waals surface area (Å²) in [6.07, 6.45) is 1.31. The SMILES string of the molecule is O=C1c2cccc3c2N(CCC3)CC1O. The van der Waals surface area contributed by atoms with Crippen molar-refractivity contribution >= 4 is 11.5 Å². The van der Waals surface area contributed by atoms with Gasteiger partial charge in [-0.2, -0.15) is 0 Å². The molecule has 3 nitrogen and oxygen atoms in total. The summed E-state index contributed by atoms with van der Waals surface area (Å²) >= 11 is 0. The summed E-state index contributed by atoms with van der Waals surface area (Å²) in [6, 6.07) is 5.81. The van der Waals surface area contributed by atoms with Crippen molar-refractivity contribution in [1.29, 1.82) is 0 Å². The minimum atomic E-state index is -0.842. The average Bonchev–Trinajstić information content (AvgIpc) is 2.26. The zero-order valence-corrected chi connectivity index (χ0v) is 8.44. The third-order valence-electron chi connectivity index (χ3n) is 3.27. The molecule has 0 aromatic heterocycles. The summed E-state index contributed by atoms with van der Waals surface area (Å²) in [4.78, 5) is 13.9. The molecular formula is C12H13NO2. The summed E-state index contributed by atoms with van der Waals surface area (Å²) in [5, 5.41) is 9.65. The molecule has 3 heteroatoms. The van der Waals surface area contributed by atoms with Gasteiger partial charge in [-0.1, -0.05) is 12.1 Å². The van der Waals surface area contributed by atoms with E-state index in [2.05, 4.69) is 11.0 Å². The van der Waals surface area contributed by atoms with Gasteiger partial charge in [0.2, 0.25) is 0 Å². The Labute approximate surface area is 88.3 Å². The van der Waals surface area contributed by atoms with Gasteiger partial charge in [0.1, 0.15) is 6.10 Å². The first kappa shape index (κ1) is 8.92. The molecule has 1 atom stereocenters. The second-order valence-electron chi connectivity index (χ2n) is 4.24. The van der Waals surface area contributed by atoms with Crippen LogP contribution in [0.1, 0.15) is 22.3 Å². The molecule has 78 valence electrons. The van der Waals surface area contributed by atoms with Crippen LogP contribution >= 0.6 is 0 Å². The smallest absolute Gasteiger partial charge is 0.195 e. The highest BCUT2D eigenvalue weighted by Gasteiger charge is 2.33. The molecular weight excluding hydrogens is 190 g/mol. The van der Waals surface area contributed by atoms with E-state index in [0.29, 0.717) is 12.1 Å². The highest BCUT2D eigenvalue weighted by atomic mass is 16.3. The Hall–Kier alpha value is -1.35. The number of aliphatic hydroxyl groups excluding tert-OH is 1. The number of aliphatic hydroxyl groups is 1. The lowest BCUT2D eigenvalue weighted by molar-refractivity contribution is 0.0744. The van der Waals surface area contributed by atoms with Gasteiger partial charge in [0.05, 0.1) is 12.2 Å². The highest BCUT2D eigenvalue weighted by Crippen LogP contribution is 2.34. The number of ketones is 1. The molecule has 0 saturated carbocycles. The van der Waals surface area contributed by atoms with Gasteiger partial charge in [0, 0.05) is 12.1 Å². The summed E-state index contributed by atoms with van der Waals surface area (Å²) < 4.78 is 0. The number of hydrogen-bond acceptors (Lipinski definition) is 3. The quantitative estimate of drug-likeness (QED) is 0.683. The molecule has 0 fully saturated rings. The lowest BCUT2D eigenvalue weighted by Gasteiger charge is -2.37. The van der Waals surface area contributed by atoms with Gasteiger partial charge in [-0.25, -0.2) is 0 Å². The minimum absolute atomic E-state index is 0.120. The van der Waals surface area contributed by atoms with E-state index < -0.39 is 6.10 Å². The van der Waals surface area contributed by atoms with Gasteiger partial charge in [-0.15, -0.1) is 0 Å². The van der Waals surface area contributed by atoms with E-state index in [1.54, 1.807) is 0 Å². The van der Waals surface area contributed by atoms with E-state index in [9.17, 15) is 9.90 Å². The molecule has 1 aromatic rings. The molecule has 0 bridgehead atoms. The number of carbonyl (C=O) groups is 1. The summed E-state index contributed by atoms with van der Waals surface area (Å²) in [7, 11) is 0. The molecule has 15 heavy (non-hydrogen) atoms. The van der Waals surface area contributed by atoms with E-state index >= 15 is 0 Å². The van der Waals surface area contributed by atoms with Crippen molar-refractivity contribution in [2.45, 2.75) is 18.9 Å². The van der Waals surface area contributed by atoms with Crippen LogP contribution in [0.3, 0.4) is 0 Å². The summed E-state index contributed by atoms with van der Waals surface area (Å²) in [6.45, 7) is 1.41. The monoisotopic (exact) mass is 203 g/mol. The molecule has 2 aliphatic rings. The second kappa shape index (κ2) is 3.07. The fourth-order valence-electron chi connectivity index (χ4n) is 2.59. The number of carbonyl (C=O) groups excluding carboxylic acids is 1. The standard InChI is InChI=1S/C12H13NO2/c14-10-7-13-6-2-4-8-3-1-5-9(11(8)13)12(10)15/h1,3,5,10,14H,2,4,6-7H2. The van der Waals surface area contributed by atoms with Gasteiger partial charge >= 0.3 is 0 Å². The Balaban J connectivity index is 2.22. The third-order valence-corrected chi connectivity index (χ3v) is 3.27. The van der Waals surface area contributed by atoms with Crippen LogP contribution in [0.25, 0.3) is 0 Å². The molecule has 2 aliphatic heterocycles. The molecule has 0 saturated heterocycles. The molecule has 0 aliphatic carbocycles. The van der Waals surface area contributed by atoms with E-state index in [4.69, 9.17) is 0 Å². The number of aryl methyl sites for hydroxylation is 1. The zero-order chi connectivity index (χ0) is 10.4. The van der Waals surface area contributed by atoms with E-state index in [-0.39, 0.29) is 5.78 Å². The lowest BCUT2D eigenvalue weighted by atomic mass is 9.90. The first-order chi connectivity index (χ1) is 7.27. The summed E-state index contributed by atoms with van der Waals surface area (Å²) in [5.74, 6) is -0.120. The maximum absolute atomic E-state index is 11.8. The normalized spacial score (nSPS) is 23.9. The maximum Gasteiger partial charge on any atom is 0.195 e. The Bertz CT molecular complexity index is 428. The fourth-order valence-corrected chi connectivity index (χ4v) is 2.59. The first-order valence-electron chi connectivity index (χ1n) is 5.36. The number of Topliss-reactive ketones (excluding diaryl/α,β-unsaturated/α-hetero) is 1. The van der Waals surface area contributed by atoms with Gasteiger partial charge in [0.25, 0.3) is 0 Å².